The summed E-state index contributed by atoms with van der Waals surface area (Å²) in [6, 6.07) is 3.14. The molecule has 0 radical (unpaired) electrons. The maximum absolute atomic E-state index is 9.69. The van der Waals surface area contributed by atoms with Crippen molar-refractivity contribution in [2.24, 2.45) is 5.73 Å². The molecule has 1 rings (SSSR count). The maximum Gasteiger partial charge on any atom is 0.123 e. The predicted molar refractivity (Wildman–Crippen MR) is 51.6 cm³/mol. The third-order valence-corrected chi connectivity index (χ3v) is 2.33. The topological polar surface area (TPSA) is 66.5 Å². The Kier molecular flexibility index (Phi) is 2.90. The number of benzene rings is 1. The summed E-state index contributed by atoms with van der Waals surface area (Å²) < 4.78 is 0. The van der Waals surface area contributed by atoms with Crippen LogP contribution in [0.5, 0.6) is 5.75 Å². The summed E-state index contributed by atoms with van der Waals surface area (Å²) in [4.78, 5) is 0. The van der Waals surface area contributed by atoms with Gasteiger partial charge >= 0.3 is 0 Å². The van der Waals surface area contributed by atoms with E-state index in [2.05, 4.69) is 0 Å². The molecule has 4 N–H and O–H groups in total. The number of hydrogen-bond acceptors (Lipinski definition) is 3. The zero-order valence-corrected chi connectivity index (χ0v) is 7.91. The minimum absolute atomic E-state index is 0.157. The molecule has 0 bridgehead atoms. The van der Waals surface area contributed by atoms with Gasteiger partial charge in [0.15, 0.2) is 0 Å². The highest BCUT2D eigenvalue weighted by Gasteiger charge is 2.12. The number of aliphatic hydroxyl groups is 1. The van der Waals surface area contributed by atoms with Crippen molar-refractivity contribution < 1.29 is 10.2 Å². The second-order valence-corrected chi connectivity index (χ2v) is 3.23. The molecule has 13 heavy (non-hydrogen) atoms. The number of phenolic OH excluding ortho intramolecular Hbond substituents is 1. The minimum atomic E-state index is -0.501. The molecule has 0 spiro atoms. The van der Waals surface area contributed by atoms with Crippen LogP contribution in [0.4, 0.5) is 0 Å². The van der Waals surface area contributed by atoms with Crippen LogP contribution in [-0.2, 0) is 0 Å². The van der Waals surface area contributed by atoms with Crippen LogP contribution < -0.4 is 5.73 Å². The van der Waals surface area contributed by atoms with E-state index in [-0.39, 0.29) is 12.4 Å². The van der Waals surface area contributed by atoms with Gasteiger partial charge in [0, 0.05) is 5.56 Å². The molecular weight excluding hydrogens is 166 g/mol. The van der Waals surface area contributed by atoms with Crippen molar-refractivity contribution in [1.29, 1.82) is 0 Å². The standard InChI is InChI=1S/C10H15NO2/c1-6-3-4-8(9(11)5-12)10(13)7(6)2/h3-4,9,12-13H,5,11H2,1-2H3. The van der Waals surface area contributed by atoms with Crippen LogP contribution in [0.1, 0.15) is 22.7 Å². The fourth-order valence-electron chi connectivity index (χ4n) is 1.22. The Morgan fingerprint density at radius 3 is 2.54 bits per heavy atom. The quantitative estimate of drug-likeness (QED) is 0.637. The lowest BCUT2D eigenvalue weighted by Crippen LogP contribution is -2.14. The zero-order valence-electron chi connectivity index (χ0n) is 7.91. The Hall–Kier alpha value is -1.06. The highest BCUT2D eigenvalue weighted by Crippen LogP contribution is 2.28. The zero-order chi connectivity index (χ0) is 10.0. The molecule has 0 heterocycles. The second-order valence-electron chi connectivity index (χ2n) is 3.23. The summed E-state index contributed by atoms with van der Waals surface area (Å²) >= 11 is 0. The first-order chi connectivity index (χ1) is 6.07. The minimum Gasteiger partial charge on any atom is -0.507 e. The average Bonchev–Trinajstić information content (AvgIpc) is 2.13. The van der Waals surface area contributed by atoms with Gasteiger partial charge in [-0.2, -0.15) is 0 Å². The van der Waals surface area contributed by atoms with Crippen molar-refractivity contribution in [2.45, 2.75) is 19.9 Å². The van der Waals surface area contributed by atoms with E-state index in [4.69, 9.17) is 10.8 Å². The van der Waals surface area contributed by atoms with Gasteiger partial charge in [0.1, 0.15) is 5.75 Å². The largest absolute Gasteiger partial charge is 0.507 e. The summed E-state index contributed by atoms with van der Waals surface area (Å²) in [5.41, 5.74) is 8.05. The normalized spacial score (nSPS) is 12.9. The van der Waals surface area contributed by atoms with Crippen LogP contribution in [0, 0.1) is 13.8 Å². The molecule has 0 aliphatic rings. The van der Waals surface area contributed by atoms with Gasteiger partial charge in [0.25, 0.3) is 0 Å². The molecule has 0 fully saturated rings. The molecule has 1 aromatic rings. The van der Waals surface area contributed by atoms with Gasteiger partial charge in [-0.1, -0.05) is 12.1 Å². The molecular formula is C10H15NO2. The van der Waals surface area contributed by atoms with Gasteiger partial charge < -0.3 is 15.9 Å². The lowest BCUT2D eigenvalue weighted by molar-refractivity contribution is 0.265. The Bertz CT molecular complexity index is 310. The van der Waals surface area contributed by atoms with Gasteiger partial charge in [-0.15, -0.1) is 0 Å². The van der Waals surface area contributed by atoms with E-state index in [1.54, 1.807) is 6.07 Å². The third kappa shape index (κ3) is 1.82. The summed E-state index contributed by atoms with van der Waals surface area (Å²) in [6.07, 6.45) is 0. The highest BCUT2D eigenvalue weighted by molar-refractivity contribution is 5.45. The van der Waals surface area contributed by atoms with E-state index in [0.29, 0.717) is 5.56 Å². The van der Waals surface area contributed by atoms with Gasteiger partial charge in [-0.3, -0.25) is 0 Å². The molecule has 0 aliphatic carbocycles. The fraction of sp³-hybridized carbons (Fsp3) is 0.400. The van der Waals surface area contributed by atoms with Gasteiger partial charge in [0.05, 0.1) is 12.6 Å². The lowest BCUT2D eigenvalue weighted by Gasteiger charge is -2.13. The van der Waals surface area contributed by atoms with Crippen LogP contribution in [-0.4, -0.2) is 16.8 Å². The Morgan fingerprint density at radius 1 is 1.38 bits per heavy atom. The van der Waals surface area contributed by atoms with Crippen molar-refractivity contribution in [3.8, 4) is 5.75 Å². The van der Waals surface area contributed by atoms with Gasteiger partial charge in [0.2, 0.25) is 0 Å². The SMILES string of the molecule is Cc1ccc(C(N)CO)c(O)c1C. The summed E-state index contributed by atoms with van der Waals surface area (Å²) in [5, 5.41) is 18.5. The third-order valence-electron chi connectivity index (χ3n) is 2.33. The molecule has 0 aromatic heterocycles. The van der Waals surface area contributed by atoms with Crippen LogP contribution in [0.25, 0.3) is 0 Å². The molecule has 0 amide bonds. The molecule has 0 saturated carbocycles. The monoisotopic (exact) mass is 181 g/mol. The number of aromatic hydroxyl groups is 1. The van der Waals surface area contributed by atoms with Crippen LogP contribution in [0.2, 0.25) is 0 Å². The summed E-state index contributed by atoms with van der Waals surface area (Å²) in [6.45, 7) is 3.59. The van der Waals surface area contributed by atoms with Gasteiger partial charge in [-0.25, -0.2) is 0 Å². The predicted octanol–water partition coefficient (Wildman–Crippen LogP) is 1.00. The number of nitrogens with two attached hydrogens (primary N) is 1. The van der Waals surface area contributed by atoms with Crippen LogP contribution >= 0.6 is 0 Å². The van der Waals surface area contributed by atoms with E-state index in [0.717, 1.165) is 11.1 Å². The first-order valence-corrected chi connectivity index (χ1v) is 4.23. The van der Waals surface area contributed by atoms with Crippen molar-refractivity contribution in [3.05, 3.63) is 28.8 Å². The van der Waals surface area contributed by atoms with Crippen molar-refractivity contribution >= 4 is 0 Å². The summed E-state index contributed by atoms with van der Waals surface area (Å²) in [5.74, 6) is 0.196. The van der Waals surface area contributed by atoms with Crippen LogP contribution in [0.3, 0.4) is 0 Å². The fourth-order valence-corrected chi connectivity index (χ4v) is 1.22. The van der Waals surface area contributed by atoms with E-state index in [1.165, 1.54) is 0 Å². The van der Waals surface area contributed by atoms with E-state index < -0.39 is 6.04 Å². The number of rotatable bonds is 2. The Balaban J connectivity index is 3.18. The molecule has 1 unspecified atom stereocenters. The van der Waals surface area contributed by atoms with E-state index >= 15 is 0 Å². The number of hydrogen-bond donors (Lipinski definition) is 3. The highest BCUT2D eigenvalue weighted by atomic mass is 16.3. The van der Waals surface area contributed by atoms with Crippen LogP contribution in [0.15, 0.2) is 12.1 Å². The van der Waals surface area contributed by atoms with E-state index in [1.807, 2.05) is 19.9 Å². The average molecular weight is 181 g/mol. The van der Waals surface area contributed by atoms with Crippen molar-refractivity contribution in [1.82, 2.24) is 0 Å². The molecule has 3 heteroatoms. The Labute approximate surface area is 77.8 Å². The second kappa shape index (κ2) is 3.77. The molecule has 0 aliphatic heterocycles. The Morgan fingerprint density at radius 2 is 2.00 bits per heavy atom. The van der Waals surface area contributed by atoms with Crippen molar-refractivity contribution in [3.63, 3.8) is 0 Å². The summed E-state index contributed by atoms with van der Waals surface area (Å²) in [7, 11) is 0. The number of aryl methyl sites for hydroxylation is 1. The lowest BCUT2D eigenvalue weighted by atomic mass is 10.0. The smallest absolute Gasteiger partial charge is 0.123 e. The first-order valence-electron chi connectivity index (χ1n) is 4.23. The molecule has 3 nitrogen and oxygen atoms in total. The van der Waals surface area contributed by atoms with E-state index in [9.17, 15) is 5.11 Å². The number of aliphatic hydroxyl groups excluding tert-OH is 1. The molecule has 0 saturated heterocycles. The molecule has 72 valence electrons. The molecule has 1 aromatic carbocycles. The molecule has 1 atom stereocenters. The number of phenols is 1. The maximum atomic E-state index is 9.69. The van der Waals surface area contributed by atoms with Gasteiger partial charge in [-0.05, 0) is 25.0 Å². The van der Waals surface area contributed by atoms with Crippen molar-refractivity contribution in [2.75, 3.05) is 6.61 Å². The first kappa shape index (κ1) is 10.0.